The largest absolute Gasteiger partial charge is 0.374 e. The SMILES string of the molecule is Cc1nc([C@@H]2C[C@@H]3CC[C@H]2O3)n(-c2ccnc3cc(Cl)ccc23)n1. The number of nitrogens with zero attached hydrogens (tertiary/aromatic N) is 4. The Morgan fingerprint density at radius 3 is 2.96 bits per heavy atom. The first kappa shape index (κ1) is 14.4. The zero-order valence-electron chi connectivity index (χ0n) is 13.3. The Balaban J connectivity index is 1.68. The van der Waals surface area contributed by atoms with Gasteiger partial charge in [0.15, 0.2) is 0 Å². The van der Waals surface area contributed by atoms with Crippen molar-refractivity contribution in [1.29, 1.82) is 0 Å². The van der Waals surface area contributed by atoms with E-state index in [4.69, 9.17) is 21.3 Å². The van der Waals surface area contributed by atoms with Crippen LogP contribution in [0.15, 0.2) is 30.5 Å². The van der Waals surface area contributed by atoms with Gasteiger partial charge in [-0.05, 0) is 50.5 Å². The molecule has 24 heavy (non-hydrogen) atoms. The number of hydrogen-bond donors (Lipinski definition) is 0. The Morgan fingerprint density at radius 1 is 1.25 bits per heavy atom. The van der Waals surface area contributed by atoms with E-state index >= 15 is 0 Å². The molecule has 5 rings (SSSR count). The van der Waals surface area contributed by atoms with Crippen LogP contribution in [0.2, 0.25) is 5.02 Å². The van der Waals surface area contributed by atoms with Gasteiger partial charge < -0.3 is 4.74 Å². The highest BCUT2D eigenvalue weighted by Crippen LogP contribution is 2.44. The van der Waals surface area contributed by atoms with E-state index in [2.05, 4.69) is 10.1 Å². The van der Waals surface area contributed by atoms with Crippen LogP contribution >= 0.6 is 11.6 Å². The predicted molar refractivity (Wildman–Crippen MR) is 91.7 cm³/mol. The third-order valence-corrected chi connectivity index (χ3v) is 5.32. The summed E-state index contributed by atoms with van der Waals surface area (Å²) in [5.41, 5.74) is 1.86. The summed E-state index contributed by atoms with van der Waals surface area (Å²) in [4.78, 5) is 9.17. The van der Waals surface area contributed by atoms with Crippen molar-refractivity contribution in [3.8, 4) is 5.69 Å². The zero-order valence-corrected chi connectivity index (χ0v) is 14.1. The van der Waals surface area contributed by atoms with Gasteiger partial charge >= 0.3 is 0 Å². The highest BCUT2D eigenvalue weighted by Gasteiger charge is 2.44. The second-order valence-corrected chi connectivity index (χ2v) is 7.07. The van der Waals surface area contributed by atoms with Gasteiger partial charge in [0.25, 0.3) is 0 Å². The van der Waals surface area contributed by atoms with Gasteiger partial charge in [-0.1, -0.05) is 11.6 Å². The van der Waals surface area contributed by atoms with Gasteiger partial charge in [0.1, 0.15) is 11.6 Å². The van der Waals surface area contributed by atoms with Crippen LogP contribution in [0.1, 0.15) is 36.8 Å². The van der Waals surface area contributed by atoms with Crippen molar-refractivity contribution >= 4 is 22.5 Å². The Kier molecular flexibility index (Phi) is 3.15. The zero-order chi connectivity index (χ0) is 16.3. The monoisotopic (exact) mass is 340 g/mol. The Labute approximate surface area is 144 Å². The number of aryl methyl sites for hydroxylation is 1. The van der Waals surface area contributed by atoms with Crippen molar-refractivity contribution in [2.45, 2.75) is 44.3 Å². The van der Waals surface area contributed by atoms with E-state index < -0.39 is 0 Å². The van der Waals surface area contributed by atoms with Gasteiger partial charge in [-0.2, -0.15) is 5.10 Å². The molecular weight excluding hydrogens is 324 g/mol. The van der Waals surface area contributed by atoms with E-state index in [0.717, 1.165) is 41.1 Å². The molecule has 122 valence electrons. The summed E-state index contributed by atoms with van der Waals surface area (Å²) >= 11 is 6.11. The van der Waals surface area contributed by atoms with Crippen molar-refractivity contribution in [2.24, 2.45) is 0 Å². The molecule has 0 unspecified atom stereocenters. The maximum Gasteiger partial charge on any atom is 0.148 e. The predicted octanol–water partition coefficient (Wildman–Crippen LogP) is 3.81. The lowest BCUT2D eigenvalue weighted by Crippen LogP contribution is -2.19. The van der Waals surface area contributed by atoms with Crippen molar-refractivity contribution in [3.05, 3.63) is 47.1 Å². The van der Waals surface area contributed by atoms with E-state index in [-0.39, 0.29) is 6.10 Å². The molecule has 2 fully saturated rings. The van der Waals surface area contributed by atoms with E-state index in [1.54, 1.807) is 6.20 Å². The standard InChI is InChI=1S/C18H17ClN4O/c1-10-21-18(14-9-12-3-5-17(14)24-12)23(22-10)16-6-7-20-15-8-11(19)2-4-13(15)16/h2,4,6-8,12,14,17H,3,5,9H2,1H3/t12-,14+,17+/m0/s1. The van der Waals surface area contributed by atoms with Gasteiger partial charge in [0.05, 0.1) is 23.4 Å². The number of benzene rings is 1. The highest BCUT2D eigenvalue weighted by atomic mass is 35.5. The van der Waals surface area contributed by atoms with E-state index in [9.17, 15) is 0 Å². The molecule has 5 nitrogen and oxygen atoms in total. The molecule has 2 aromatic heterocycles. The van der Waals surface area contributed by atoms with E-state index in [1.807, 2.05) is 35.9 Å². The second-order valence-electron chi connectivity index (χ2n) is 6.64. The topological polar surface area (TPSA) is 52.8 Å². The van der Waals surface area contributed by atoms with Crippen molar-refractivity contribution in [3.63, 3.8) is 0 Å². The molecule has 3 atom stereocenters. The summed E-state index contributed by atoms with van der Waals surface area (Å²) in [5, 5.41) is 6.38. The quantitative estimate of drug-likeness (QED) is 0.711. The molecular formula is C18H17ClN4O. The van der Waals surface area contributed by atoms with Crippen LogP contribution in [0.25, 0.3) is 16.6 Å². The van der Waals surface area contributed by atoms with Gasteiger partial charge in [-0.15, -0.1) is 0 Å². The van der Waals surface area contributed by atoms with Crippen LogP contribution in [0, 0.1) is 6.92 Å². The molecule has 0 saturated carbocycles. The number of hydrogen-bond acceptors (Lipinski definition) is 4. The van der Waals surface area contributed by atoms with Gasteiger partial charge in [0, 0.05) is 22.5 Å². The summed E-state index contributed by atoms with van der Waals surface area (Å²) in [6.07, 6.45) is 5.79. The average Bonchev–Trinajstić information content (AvgIpc) is 3.28. The minimum Gasteiger partial charge on any atom is -0.374 e. The number of pyridine rings is 1. The maximum atomic E-state index is 6.11. The first-order chi connectivity index (χ1) is 11.7. The fraction of sp³-hybridized carbons (Fsp3) is 0.389. The first-order valence-corrected chi connectivity index (χ1v) is 8.70. The van der Waals surface area contributed by atoms with Crippen LogP contribution in [0.4, 0.5) is 0 Å². The molecule has 2 saturated heterocycles. The summed E-state index contributed by atoms with van der Waals surface area (Å²) in [6.45, 7) is 1.94. The maximum absolute atomic E-state index is 6.11. The lowest BCUT2D eigenvalue weighted by atomic mass is 9.88. The third kappa shape index (κ3) is 2.15. The normalized spacial score (nSPS) is 25.7. The summed E-state index contributed by atoms with van der Waals surface area (Å²) in [5.74, 6) is 2.11. The fourth-order valence-electron chi connectivity index (χ4n) is 4.05. The molecule has 2 bridgehead atoms. The van der Waals surface area contributed by atoms with Crippen molar-refractivity contribution < 1.29 is 4.74 Å². The molecule has 1 aromatic carbocycles. The van der Waals surface area contributed by atoms with Gasteiger partial charge in [0.2, 0.25) is 0 Å². The molecule has 0 amide bonds. The lowest BCUT2D eigenvalue weighted by molar-refractivity contribution is 0.0997. The van der Waals surface area contributed by atoms with Crippen molar-refractivity contribution in [1.82, 2.24) is 19.7 Å². The van der Waals surface area contributed by atoms with Gasteiger partial charge in [-0.25, -0.2) is 9.67 Å². The minimum absolute atomic E-state index is 0.278. The minimum atomic E-state index is 0.278. The molecule has 0 N–H and O–H groups in total. The van der Waals surface area contributed by atoms with Crippen LogP contribution < -0.4 is 0 Å². The summed E-state index contributed by atoms with van der Waals surface area (Å²) in [7, 11) is 0. The Morgan fingerprint density at radius 2 is 2.17 bits per heavy atom. The molecule has 4 heterocycles. The van der Waals surface area contributed by atoms with Crippen molar-refractivity contribution in [2.75, 3.05) is 0 Å². The number of rotatable bonds is 2. The summed E-state index contributed by atoms with van der Waals surface area (Å²) < 4.78 is 8.01. The number of halogens is 1. The van der Waals surface area contributed by atoms with Crippen LogP contribution in [-0.2, 0) is 4.74 Å². The summed E-state index contributed by atoms with van der Waals surface area (Å²) in [6, 6.07) is 7.75. The van der Waals surface area contributed by atoms with E-state index in [1.165, 1.54) is 6.42 Å². The fourth-order valence-corrected chi connectivity index (χ4v) is 4.22. The average molecular weight is 341 g/mol. The Bertz CT molecular complexity index is 938. The number of aromatic nitrogens is 4. The molecule has 0 spiro atoms. The smallest absolute Gasteiger partial charge is 0.148 e. The second kappa shape index (κ2) is 5.26. The molecule has 2 aliphatic rings. The molecule has 6 heteroatoms. The highest BCUT2D eigenvalue weighted by molar-refractivity contribution is 6.31. The van der Waals surface area contributed by atoms with Gasteiger partial charge in [-0.3, -0.25) is 4.98 Å². The lowest BCUT2D eigenvalue weighted by Gasteiger charge is -2.19. The first-order valence-electron chi connectivity index (χ1n) is 8.33. The molecule has 2 aliphatic heterocycles. The number of ether oxygens (including phenoxy) is 1. The van der Waals surface area contributed by atoms with E-state index in [0.29, 0.717) is 17.0 Å². The van der Waals surface area contributed by atoms with Crippen LogP contribution in [0.5, 0.6) is 0 Å². The molecule has 3 aromatic rings. The molecule has 0 aliphatic carbocycles. The number of fused-ring (bicyclic) bond motifs is 3. The van der Waals surface area contributed by atoms with Crippen LogP contribution in [0.3, 0.4) is 0 Å². The molecule has 0 radical (unpaired) electrons. The Hall–Kier alpha value is -1.98. The van der Waals surface area contributed by atoms with Crippen LogP contribution in [-0.4, -0.2) is 32.0 Å². The third-order valence-electron chi connectivity index (χ3n) is 5.09.